The largest absolute Gasteiger partial charge is 0.435 e. The predicted molar refractivity (Wildman–Crippen MR) is 105 cm³/mol. The van der Waals surface area contributed by atoms with Crippen LogP contribution >= 0.6 is 0 Å². The summed E-state index contributed by atoms with van der Waals surface area (Å²) in [5, 5.41) is 6.11. The topological polar surface area (TPSA) is 53.4 Å². The number of carbonyl (C=O) groups is 1. The molecule has 1 fully saturated rings. The Kier molecular flexibility index (Phi) is 6.64. The standard InChI is InChI=1S/C20H25F4N5O/c1-3-27-8-10-28(11-9-27)17-5-4-15(21)12-16(17)14(2)25-19(30)13-29-7-6-18(26-29)20(22,23)24/h4-7,12,14H,3,8-11,13H2,1-2H3,(H,25,30). The van der Waals surface area contributed by atoms with E-state index in [4.69, 9.17) is 0 Å². The summed E-state index contributed by atoms with van der Waals surface area (Å²) in [4.78, 5) is 16.8. The van der Waals surface area contributed by atoms with Crippen molar-refractivity contribution in [2.75, 3.05) is 37.6 Å². The monoisotopic (exact) mass is 427 g/mol. The SMILES string of the molecule is CCN1CCN(c2ccc(F)cc2C(C)NC(=O)Cn2ccc(C(F)(F)F)n2)CC1. The van der Waals surface area contributed by atoms with Gasteiger partial charge in [0.05, 0.1) is 6.04 Å². The fourth-order valence-corrected chi connectivity index (χ4v) is 3.58. The number of aromatic nitrogens is 2. The number of piperazine rings is 1. The Hall–Kier alpha value is -2.62. The van der Waals surface area contributed by atoms with Crippen molar-refractivity contribution in [3.8, 4) is 0 Å². The minimum Gasteiger partial charge on any atom is -0.369 e. The molecule has 1 saturated heterocycles. The zero-order valence-corrected chi connectivity index (χ0v) is 16.9. The Morgan fingerprint density at radius 1 is 1.20 bits per heavy atom. The molecule has 1 N–H and O–H groups in total. The van der Waals surface area contributed by atoms with Gasteiger partial charge in [0.1, 0.15) is 12.4 Å². The number of anilines is 1. The minimum atomic E-state index is -4.56. The molecule has 1 aromatic carbocycles. The first-order valence-corrected chi connectivity index (χ1v) is 9.84. The van der Waals surface area contributed by atoms with Crippen LogP contribution in [0.2, 0.25) is 0 Å². The number of hydrogen-bond acceptors (Lipinski definition) is 4. The second-order valence-corrected chi connectivity index (χ2v) is 7.31. The molecule has 0 saturated carbocycles. The molecule has 1 amide bonds. The zero-order chi connectivity index (χ0) is 21.9. The van der Waals surface area contributed by atoms with E-state index in [2.05, 4.69) is 27.1 Å². The molecule has 30 heavy (non-hydrogen) atoms. The maximum Gasteiger partial charge on any atom is 0.435 e. The van der Waals surface area contributed by atoms with E-state index in [0.29, 0.717) is 5.56 Å². The molecule has 0 spiro atoms. The summed E-state index contributed by atoms with van der Waals surface area (Å²) in [6.45, 7) is 7.82. The molecular weight excluding hydrogens is 402 g/mol. The molecule has 1 aliphatic rings. The lowest BCUT2D eigenvalue weighted by molar-refractivity contribution is -0.141. The number of likely N-dealkylation sites (N-methyl/N-ethyl adjacent to an activating group) is 1. The number of halogens is 4. The van der Waals surface area contributed by atoms with Gasteiger partial charge in [-0.15, -0.1) is 0 Å². The molecular formula is C20H25F4N5O. The van der Waals surface area contributed by atoms with Gasteiger partial charge < -0.3 is 15.1 Å². The maximum absolute atomic E-state index is 13.9. The quantitative estimate of drug-likeness (QED) is 0.720. The van der Waals surface area contributed by atoms with Gasteiger partial charge in [-0.3, -0.25) is 9.48 Å². The van der Waals surface area contributed by atoms with Gasteiger partial charge in [-0.25, -0.2) is 4.39 Å². The van der Waals surface area contributed by atoms with Gasteiger partial charge >= 0.3 is 6.18 Å². The van der Waals surface area contributed by atoms with Crippen molar-refractivity contribution in [3.05, 3.63) is 47.5 Å². The van der Waals surface area contributed by atoms with E-state index in [1.807, 2.05) is 0 Å². The molecule has 0 bridgehead atoms. The molecule has 0 radical (unpaired) electrons. The van der Waals surface area contributed by atoms with E-state index in [1.54, 1.807) is 13.0 Å². The van der Waals surface area contributed by atoms with Crippen LogP contribution in [0.3, 0.4) is 0 Å². The number of benzene rings is 1. The summed E-state index contributed by atoms with van der Waals surface area (Å²) >= 11 is 0. The average molecular weight is 427 g/mol. The third-order valence-corrected chi connectivity index (χ3v) is 5.23. The number of amides is 1. The van der Waals surface area contributed by atoms with Crippen molar-refractivity contribution in [2.24, 2.45) is 0 Å². The van der Waals surface area contributed by atoms with Crippen LogP contribution in [0.5, 0.6) is 0 Å². The number of nitrogens with one attached hydrogen (secondary N) is 1. The van der Waals surface area contributed by atoms with E-state index in [0.717, 1.165) is 55.4 Å². The third kappa shape index (κ3) is 5.29. The summed E-state index contributed by atoms with van der Waals surface area (Å²) in [5.41, 5.74) is 0.421. The van der Waals surface area contributed by atoms with E-state index in [1.165, 1.54) is 12.1 Å². The maximum atomic E-state index is 13.9. The molecule has 3 rings (SSSR count). The summed E-state index contributed by atoms with van der Waals surface area (Å²) < 4.78 is 52.8. The van der Waals surface area contributed by atoms with Crippen molar-refractivity contribution in [2.45, 2.75) is 32.6 Å². The van der Waals surface area contributed by atoms with E-state index in [-0.39, 0.29) is 6.54 Å². The van der Waals surface area contributed by atoms with Gasteiger partial charge in [0, 0.05) is 43.6 Å². The number of rotatable bonds is 6. The van der Waals surface area contributed by atoms with Crippen molar-refractivity contribution in [1.29, 1.82) is 0 Å². The zero-order valence-electron chi connectivity index (χ0n) is 16.9. The van der Waals surface area contributed by atoms with Crippen LogP contribution in [-0.2, 0) is 17.5 Å². The Labute approximate surface area is 172 Å². The van der Waals surface area contributed by atoms with Crippen molar-refractivity contribution in [1.82, 2.24) is 20.0 Å². The second-order valence-electron chi connectivity index (χ2n) is 7.31. The normalized spacial score (nSPS) is 16.5. The highest BCUT2D eigenvalue weighted by atomic mass is 19.4. The van der Waals surface area contributed by atoms with Gasteiger partial charge in [0.15, 0.2) is 5.69 Å². The number of nitrogens with zero attached hydrogens (tertiary/aromatic N) is 4. The molecule has 1 aromatic heterocycles. The fraction of sp³-hybridized carbons (Fsp3) is 0.500. The molecule has 2 aromatic rings. The lowest BCUT2D eigenvalue weighted by Crippen LogP contribution is -2.46. The first-order chi connectivity index (χ1) is 14.2. The fourth-order valence-electron chi connectivity index (χ4n) is 3.58. The summed E-state index contributed by atoms with van der Waals surface area (Å²) in [6, 6.07) is 4.78. The predicted octanol–water partition coefficient (Wildman–Crippen LogP) is 3.06. The lowest BCUT2D eigenvalue weighted by atomic mass is 10.0. The third-order valence-electron chi connectivity index (χ3n) is 5.23. The molecule has 2 heterocycles. The molecule has 164 valence electrons. The Morgan fingerprint density at radius 2 is 1.90 bits per heavy atom. The molecule has 0 aliphatic carbocycles. The van der Waals surface area contributed by atoms with E-state index < -0.39 is 29.6 Å². The van der Waals surface area contributed by atoms with Crippen LogP contribution in [0.4, 0.5) is 23.2 Å². The molecule has 1 unspecified atom stereocenters. The van der Waals surface area contributed by atoms with Crippen molar-refractivity contribution >= 4 is 11.6 Å². The van der Waals surface area contributed by atoms with Crippen LogP contribution in [-0.4, -0.2) is 53.3 Å². The van der Waals surface area contributed by atoms with Gasteiger partial charge in [0.25, 0.3) is 0 Å². The first-order valence-electron chi connectivity index (χ1n) is 9.84. The minimum absolute atomic E-state index is 0.361. The van der Waals surface area contributed by atoms with Gasteiger partial charge in [-0.1, -0.05) is 6.92 Å². The number of carbonyl (C=O) groups excluding carboxylic acids is 1. The Morgan fingerprint density at radius 3 is 2.50 bits per heavy atom. The van der Waals surface area contributed by atoms with Crippen LogP contribution in [0.25, 0.3) is 0 Å². The molecule has 1 aliphatic heterocycles. The summed E-state index contributed by atoms with van der Waals surface area (Å²) in [5.74, 6) is -0.922. The van der Waals surface area contributed by atoms with Crippen molar-refractivity contribution in [3.63, 3.8) is 0 Å². The van der Waals surface area contributed by atoms with Crippen LogP contribution in [0.1, 0.15) is 31.1 Å². The van der Waals surface area contributed by atoms with Gasteiger partial charge in [-0.2, -0.15) is 18.3 Å². The number of alkyl halides is 3. The summed E-state index contributed by atoms with van der Waals surface area (Å²) in [6.07, 6.45) is -3.46. The summed E-state index contributed by atoms with van der Waals surface area (Å²) in [7, 11) is 0. The highest BCUT2D eigenvalue weighted by Gasteiger charge is 2.33. The second kappa shape index (κ2) is 9.03. The first kappa shape index (κ1) is 22.1. The van der Waals surface area contributed by atoms with Crippen LogP contribution < -0.4 is 10.2 Å². The highest BCUT2D eigenvalue weighted by molar-refractivity contribution is 5.76. The Bertz CT molecular complexity index is 874. The molecule has 10 heteroatoms. The van der Waals surface area contributed by atoms with Gasteiger partial charge in [0.2, 0.25) is 5.91 Å². The van der Waals surface area contributed by atoms with E-state index >= 15 is 0 Å². The van der Waals surface area contributed by atoms with Crippen molar-refractivity contribution < 1.29 is 22.4 Å². The smallest absolute Gasteiger partial charge is 0.369 e. The van der Waals surface area contributed by atoms with E-state index in [9.17, 15) is 22.4 Å². The molecule has 6 nitrogen and oxygen atoms in total. The number of hydrogen-bond donors (Lipinski definition) is 1. The van der Waals surface area contributed by atoms with Crippen LogP contribution in [0, 0.1) is 5.82 Å². The average Bonchev–Trinajstić information content (AvgIpc) is 3.17. The Balaban J connectivity index is 1.68. The molecule has 1 atom stereocenters. The highest BCUT2D eigenvalue weighted by Crippen LogP contribution is 2.29. The van der Waals surface area contributed by atoms with Crippen LogP contribution in [0.15, 0.2) is 30.5 Å². The van der Waals surface area contributed by atoms with Gasteiger partial charge in [-0.05, 0) is 37.7 Å². The lowest BCUT2D eigenvalue weighted by Gasteiger charge is -2.37.